The van der Waals surface area contributed by atoms with Crippen molar-refractivity contribution in [3.05, 3.63) is 53.7 Å². The van der Waals surface area contributed by atoms with Gasteiger partial charge < -0.3 is 18.8 Å². The number of fused-ring (bicyclic) bond motifs is 2. The predicted octanol–water partition coefficient (Wildman–Crippen LogP) is 3.34. The number of esters is 1. The topological polar surface area (TPSA) is 88.4 Å². The van der Waals surface area contributed by atoms with Gasteiger partial charge in [-0.2, -0.15) is 0 Å². The van der Waals surface area contributed by atoms with Crippen LogP contribution in [0.1, 0.15) is 37.6 Å². The average molecular weight is 429 g/mol. The van der Waals surface area contributed by atoms with E-state index in [4.69, 9.17) is 25.8 Å². The van der Waals surface area contributed by atoms with E-state index in [9.17, 15) is 4.79 Å². The van der Waals surface area contributed by atoms with Crippen molar-refractivity contribution in [2.45, 2.75) is 56.8 Å². The Labute approximate surface area is 178 Å². The molecule has 9 heteroatoms. The normalized spacial score (nSPS) is 29.8. The van der Waals surface area contributed by atoms with Crippen LogP contribution in [0, 0.1) is 0 Å². The summed E-state index contributed by atoms with van der Waals surface area (Å²) in [4.78, 5) is 25.5. The maximum Gasteiger partial charge on any atom is 0.338 e. The minimum Gasteiger partial charge on any atom is -0.456 e. The summed E-state index contributed by atoms with van der Waals surface area (Å²) in [5, 5.41) is 0.285. The Balaban J connectivity index is 1.53. The van der Waals surface area contributed by atoms with Crippen LogP contribution < -0.4 is 0 Å². The fraction of sp³-hybridized carbons (Fsp3) is 0.429. The van der Waals surface area contributed by atoms with Crippen molar-refractivity contribution >= 4 is 28.7 Å². The van der Waals surface area contributed by atoms with Crippen LogP contribution in [0.3, 0.4) is 0 Å². The van der Waals surface area contributed by atoms with Gasteiger partial charge in [-0.3, -0.25) is 0 Å². The molecule has 0 bridgehead atoms. The van der Waals surface area contributed by atoms with Crippen LogP contribution >= 0.6 is 11.6 Å². The summed E-state index contributed by atoms with van der Waals surface area (Å²) < 4.78 is 20.3. The van der Waals surface area contributed by atoms with Gasteiger partial charge in [0, 0.05) is 6.42 Å². The summed E-state index contributed by atoms with van der Waals surface area (Å²) in [7, 11) is 0. The summed E-state index contributed by atoms with van der Waals surface area (Å²) in [6.45, 7) is 5.74. The van der Waals surface area contributed by atoms with Gasteiger partial charge in [0.1, 0.15) is 30.2 Å². The van der Waals surface area contributed by atoms with E-state index in [2.05, 4.69) is 15.0 Å². The molecule has 1 aliphatic carbocycles. The molecule has 156 valence electrons. The molecule has 5 rings (SSSR count). The average Bonchev–Trinajstić information content (AvgIpc) is 3.36. The highest BCUT2D eigenvalue weighted by molar-refractivity contribution is 6.33. The Morgan fingerprint density at radius 3 is 2.70 bits per heavy atom. The van der Waals surface area contributed by atoms with E-state index in [0.717, 1.165) is 0 Å². The van der Waals surface area contributed by atoms with Crippen molar-refractivity contribution in [2.75, 3.05) is 0 Å². The lowest BCUT2D eigenvalue weighted by Crippen LogP contribution is -2.41. The van der Waals surface area contributed by atoms with Gasteiger partial charge >= 0.3 is 5.97 Å². The minimum absolute atomic E-state index is 0.285. The standard InChI is InChI=1S/C21H21ClN4O4/c1-20(2)29-15-13(28-19(27)12-7-5-4-6-8-12)9-21(3,16(15)30-20)26-11-25-14-17(22)23-10-24-18(14)26/h4-8,10-11,13,15-16H,9H2,1-3H3/t13-,15+,16+,21+/m0/s1. The zero-order valence-electron chi connectivity index (χ0n) is 16.8. The molecule has 30 heavy (non-hydrogen) atoms. The molecule has 0 unspecified atom stereocenters. The van der Waals surface area contributed by atoms with E-state index >= 15 is 0 Å². The maximum atomic E-state index is 12.7. The van der Waals surface area contributed by atoms with Gasteiger partial charge in [-0.25, -0.2) is 19.7 Å². The molecular formula is C21H21ClN4O4. The van der Waals surface area contributed by atoms with Crippen molar-refractivity contribution < 1.29 is 19.0 Å². The van der Waals surface area contributed by atoms with Gasteiger partial charge in [-0.05, 0) is 32.9 Å². The SMILES string of the molecule is CC1(C)O[C@@H]2[C@@H](OC(=O)c3ccccc3)C[C@@](C)(n3cnc4c(Cl)ncnc43)[C@@H]2O1. The van der Waals surface area contributed by atoms with Crippen molar-refractivity contribution in [3.63, 3.8) is 0 Å². The second-order valence-corrected chi connectivity index (χ2v) is 8.70. The number of carbonyl (C=O) groups is 1. The minimum atomic E-state index is -0.808. The highest BCUT2D eigenvalue weighted by Crippen LogP contribution is 2.49. The van der Waals surface area contributed by atoms with Crippen LogP contribution in [-0.4, -0.2) is 49.6 Å². The molecule has 0 N–H and O–H groups in total. The fourth-order valence-corrected chi connectivity index (χ4v) is 4.66. The van der Waals surface area contributed by atoms with Crippen molar-refractivity contribution in [1.29, 1.82) is 0 Å². The smallest absolute Gasteiger partial charge is 0.338 e. The third-order valence-corrected chi connectivity index (χ3v) is 6.11. The number of ether oxygens (including phenoxy) is 3. The third-order valence-electron chi connectivity index (χ3n) is 5.83. The first-order valence-electron chi connectivity index (χ1n) is 9.74. The van der Waals surface area contributed by atoms with Crippen LogP contribution in [0.4, 0.5) is 0 Å². The zero-order chi connectivity index (χ0) is 21.1. The van der Waals surface area contributed by atoms with Gasteiger partial charge in [0.25, 0.3) is 0 Å². The van der Waals surface area contributed by atoms with Crippen LogP contribution in [-0.2, 0) is 19.7 Å². The van der Waals surface area contributed by atoms with Gasteiger partial charge in [-0.1, -0.05) is 29.8 Å². The zero-order valence-corrected chi connectivity index (χ0v) is 17.5. The van der Waals surface area contributed by atoms with Crippen LogP contribution in [0.2, 0.25) is 5.15 Å². The largest absolute Gasteiger partial charge is 0.456 e. The number of nitrogens with zero attached hydrogens (tertiary/aromatic N) is 4. The molecule has 1 aliphatic heterocycles. The van der Waals surface area contributed by atoms with Crippen LogP contribution in [0.25, 0.3) is 11.2 Å². The number of hydrogen-bond acceptors (Lipinski definition) is 7. The first kappa shape index (κ1) is 19.4. The third kappa shape index (κ3) is 2.98. The van der Waals surface area contributed by atoms with Crippen molar-refractivity contribution in [2.24, 2.45) is 0 Å². The summed E-state index contributed by atoms with van der Waals surface area (Å²) in [5.41, 5.74) is 0.986. The second kappa shape index (κ2) is 6.73. The number of benzene rings is 1. The molecule has 2 fully saturated rings. The quantitative estimate of drug-likeness (QED) is 0.467. The molecule has 3 aromatic rings. The van der Waals surface area contributed by atoms with E-state index in [1.165, 1.54) is 6.33 Å². The number of hydrogen-bond donors (Lipinski definition) is 0. The Bertz CT molecular complexity index is 1120. The number of imidazole rings is 1. The molecule has 0 radical (unpaired) electrons. The van der Waals surface area contributed by atoms with Gasteiger partial charge in [0.2, 0.25) is 0 Å². The summed E-state index contributed by atoms with van der Waals surface area (Å²) in [6.07, 6.45) is 2.27. The van der Waals surface area contributed by atoms with Gasteiger partial charge in [0.15, 0.2) is 16.6 Å². The van der Waals surface area contributed by atoms with Crippen LogP contribution in [0.5, 0.6) is 0 Å². The molecular weight excluding hydrogens is 408 g/mol. The highest BCUT2D eigenvalue weighted by atomic mass is 35.5. The van der Waals surface area contributed by atoms with E-state index in [0.29, 0.717) is 23.1 Å². The number of aromatic nitrogens is 4. The molecule has 1 saturated heterocycles. The molecule has 3 heterocycles. The first-order valence-corrected chi connectivity index (χ1v) is 10.1. The van der Waals surface area contributed by atoms with E-state index in [1.807, 2.05) is 31.4 Å². The fourth-order valence-electron chi connectivity index (χ4n) is 4.49. The Morgan fingerprint density at radius 1 is 1.17 bits per heavy atom. The molecule has 2 aromatic heterocycles. The lowest BCUT2D eigenvalue weighted by Gasteiger charge is -2.33. The first-order chi connectivity index (χ1) is 14.3. The molecule has 1 aromatic carbocycles. The van der Waals surface area contributed by atoms with Crippen LogP contribution in [0.15, 0.2) is 43.0 Å². The van der Waals surface area contributed by atoms with Crippen molar-refractivity contribution in [3.8, 4) is 0 Å². The highest BCUT2D eigenvalue weighted by Gasteiger charge is 2.62. The summed E-state index contributed by atoms with van der Waals surface area (Å²) in [5.74, 6) is -1.20. The molecule has 2 aliphatic rings. The molecule has 0 amide bonds. The number of carbonyl (C=O) groups excluding carboxylic acids is 1. The monoisotopic (exact) mass is 428 g/mol. The van der Waals surface area contributed by atoms with Gasteiger partial charge in [-0.15, -0.1) is 0 Å². The molecule has 4 atom stereocenters. The number of rotatable bonds is 3. The van der Waals surface area contributed by atoms with Crippen molar-refractivity contribution in [1.82, 2.24) is 19.5 Å². The Morgan fingerprint density at radius 2 is 1.93 bits per heavy atom. The lowest BCUT2D eigenvalue weighted by atomic mass is 9.97. The summed E-state index contributed by atoms with van der Waals surface area (Å²) in [6, 6.07) is 8.92. The molecule has 0 spiro atoms. The Hall–Kier alpha value is -2.55. The summed E-state index contributed by atoms with van der Waals surface area (Å²) >= 11 is 6.19. The van der Waals surface area contributed by atoms with E-state index < -0.39 is 29.5 Å². The molecule has 1 saturated carbocycles. The Kier molecular flexibility index (Phi) is 4.36. The second-order valence-electron chi connectivity index (χ2n) is 8.34. The van der Waals surface area contributed by atoms with E-state index in [1.54, 1.807) is 30.6 Å². The van der Waals surface area contributed by atoms with E-state index in [-0.39, 0.29) is 11.3 Å². The lowest BCUT2D eigenvalue weighted by molar-refractivity contribution is -0.172. The number of halogens is 1. The van der Waals surface area contributed by atoms with Gasteiger partial charge in [0.05, 0.1) is 17.4 Å². The maximum absolute atomic E-state index is 12.7. The predicted molar refractivity (Wildman–Crippen MR) is 108 cm³/mol. The molecule has 8 nitrogen and oxygen atoms in total.